The molecule has 29 heavy (non-hydrogen) atoms. The summed E-state index contributed by atoms with van der Waals surface area (Å²) in [6, 6.07) is 7.08. The molecule has 9 nitrogen and oxygen atoms in total. The van der Waals surface area contributed by atoms with Crippen molar-refractivity contribution in [3.8, 4) is 0 Å². The highest BCUT2D eigenvalue weighted by molar-refractivity contribution is 7.99. The zero-order valence-corrected chi connectivity index (χ0v) is 17.0. The van der Waals surface area contributed by atoms with Crippen molar-refractivity contribution in [2.75, 3.05) is 32.4 Å². The quantitative estimate of drug-likeness (QED) is 0.734. The number of amides is 3. The summed E-state index contributed by atoms with van der Waals surface area (Å²) >= 11 is 1.63. The Kier molecular flexibility index (Phi) is 4.57. The van der Waals surface area contributed by atoms with Gasteiger partial charge in [0, 0.05) is 32.4 Å². The fourth-order valence-corrected chi connectivity index (χ4v) is 5.00. The summed E-state index contributed by atoms with van der Waals surface area (Å²) < 4.78 is 0. The van der Waals surface area contributed by atoms with Crippen LogP contribution in [0.5, 0.6) is 0 Å². The van der Waals surface area contributed by atoms with Gasteiger partial charge in [0.15, 0.2) is 23.3 Å². The lowest BCUT2D eigenvalue weighted by Crippen LogP contribution is -2.64. The Morgan fingerprint density at radius 3 is 2.79 bits per heavy atom. The summed E-state index contributed by atoms with van der Waals surface area (Å²) in [6.07, 6.45) is 1.77. The van der Waals surface area contributed by atoms with Gasteiger partial charge in [0.05, 0.1) is 11.0 Å². The van der Waals surface area contributed by atoms with Gasteiger partial charge < -0.3 is 19.7 Å². The van der Waals surface area contributed by atoms with E-state index >= 15 is 0 Å². The molecule has 0 aliphatic carbocycles. The van der Waals surface area contributed by atoms with Crippen molar-refractivity contribution < 1.29 is 9.59 Å². The molecule has 0 radical (unpaired) electrons. The number of hydrogen-bond donors (Lipinski definition) is 2. The molecule has 3 aliphatic heterocycles. The molecule has 2 N–H and O–H groups in total. The topological polar surface area (TPSA) is 96.9 Å². The Morgan fingerprint density at radius 1 is 1.21 bits per heavy atom. The van der Waals surface area contributed by atoms with Crippen molar-refractivity contribution in [3.63, 3.8) is 0 Å². The van der Waals surface area contributed by atoms with Crippen LogP contribution in [-0.2, 0) is 4.79 Å². The van der Waals surface area contributed by atoms with Crippen LogP contribution in [0.4, 0.5) is 4.79 Å². The standard InChI is InChI=1S/C19H23N7O2S/c1-24-15-14(16(27)23-19(24)28)26(18(22-15)25-8-4-5-9-25)10-11-29-17-20-12-6-2-3-7-13(12)21-17/h2-3,6-7,14-15H,4-5,8-11H2,1H3,(H,20,21)(H,23,27,28). The van der Waals surface area contributed by atoms with E-state index in [1.165, 1.54) is 4.90 Å². The minimum Gasteiger partial charge on any atom is -0.343 e. The maximum atomic E-state index is 12.6. The summed E-state index contributed by atoms with van der Waals surface area (Å²) in [5.41, 5.74) is 1.96. The highest BCUT2D eigenvalue weighted by Crippen LogP contribution is 2.28. The van der Waals surface area contributed by atoms with E-state index in [1.807, 2.05) is 24.3 Å². The fourth-order valence-electron chi connectivity index (χ4n) is 4.17. The molecule has 0 spiro atoms. The first-order valence-corrected chi connectivity index (χ1v) is 10.8. The smallest absolute Gasteiger partial charge is 0.325 e. The Bertz CT molecular complexity index is 951. The van der Waals surface area contributed by atoms with Crippen molar-refractivity contribution in [1.82, 2.24) is 30.0 Å². The number of likely N-dealkylation sites (tertiary alicyclic amines) is 1. The number of aromatic nitrogens is 2. The van der Waals surface area contributed by atoms with Gasteiger partial charge in [-0.05, 0) is 25.0 Å². The molecule has 3 aliphatic rings. The van der Waals surface area contributed by atoms with Crippen molar-refractivity contribution in [3.05, 3.63) is 24.3 Å². The molecule has 2 unspecified atom stereocenters. The predicted molar refractivity (Wildman–Crippen MR) is 111 cm³/mol. The van der Waals surface area contributed by atoms with Gasteiger partial charge in [-0.2, -0.15) is 0 Å². The summed E-state index contributed by atoms with van der Waals surface area (Å²) in [5.74, 6) is 1.31. The number of likely N-dealkylation sites (N-methyl/N-ethyl adjacent to an activating group) is 1. The molecular weight excluding hydrogens is 390 g/mol. The number of nitrogens with zero attached hydrogens (tertiary/aromatic N) is 5. The minimum absolute atomic E-state index is 0.273. The number of carbonyl (C=O) groups is 2. The van der Waals surface area contributed by atoms with Gasteiger partial charge >= 0.3 is 6.03 Å². The SMILES string of the molecule is CN1C(=O)NC(=O)C2C1N=C(N1CCCC1)N2CCSc1nc2ccccc2[nH]1. The number of aliphatic imine (C=N–C) groups is 1. The monoisotopic (exact) mass is 413 g/mol. The summed E-state index contributed by atoms with van der Waals surface area (Å²) in [7, 11) is 1.69. The zero-order chi connectivity index (χ0) is 20.0. The molecule has 2 atom stereocenters. The van der Waals surface area contributed by atoms with E-state index in [4.69, 9.17) is 4.99 Å². The third-order valence-corrected chi connectivity index (χ3v) is 6.52. The second kappa shape index (κ2) is 7.25. The molecule has 3 amide bonds. The first kappa shape index (κ1) is 18.3. The average Bonchev–Trinajstić information content (AvgIpc) is 3.44. The molecule has 2 fully saturated rings. The van der Waals surface area contributed by atoms with Gasteiger partial charge in [-0.25, -0.2) is 14.8 Å². The normalized spacial score (nSPS) is 24.3. The molecule has 1 aromatic carbocycles. The Labute approximate surface area is 172 Å². The number of benzene rings is 1. The van der Waals surface area contributed by atoms with Gasteiger partial charge in [-0.3, -0.25) is 10.1 Å². The van der Waals surface area contributed by atoms with Gasteiger partial charge in [0.25, 0.3) is 5.91 Å². The second-order valence-corrected chi connectivity index (χ2v) is 8.57. The molecule has 2 aromatic rings. The molecule has 2 saturated heterocycles. The van der Waals surface area contributed by atoms with E-state index in [9.17, 15) is 9.59 Å². The molecule has 1 aromatic heterocycles. The van der Waals surface area contributed by atoms with Crippen LogP contribution in [0.2, 0.25) is 0 Å². The van der Waals surface area contributed by atoms with E-state index in [0.29, 0.717) is 6.54 Å². The van der Waals surface area contributed by atoms with Crippen LogP contribution in [0.1, 0.15) is 12.8 Å². The van der Waals surface area contributed by atoms with Crippen LogP contribution in [0.15, 0.2) is 34.4 Å². The zero-order valence-electron chi connectivity index (χ0n) is 16.2. The number of rotatable bonds is 4. The number of guanidine groups is 1. The van der Waals surface area contributed by atoms with Crippen LogP contribution in [-0.4, -0.2) is 87.2 Å². The minimum atomic E-state index is -0.482. The predicted octanol–water partition coefficient (Wildman–Crippen LogP) is 1.30. The number of imidazole rings is 1. The molecule has 10 heteroatoms. The van der Waals surface area contributed by atoms with Crippen LogP contribution >= 0.6 is 11.8 Å². The Hall–Kier alpha value is -2.75. The second-order valence-electron chi connectivity index (χ2n) is 7.49. The number of imide groups is 1. The van der Waals surface area contributed by atoms with Crippen LogP contribution < -0.4 is 5.32 Å². The van der Waals surface area contributed by atoms with Gasteiger partial charge in [0.2, 0.25) is 0 Å². The third kappa shape index (κ3) is 3.21. The molecule has 4 heterocycles. The molecule has 0 bridgehead atoms. The van der Waals surface area contributed by atoms with Crippen LogP contribution in [0.3, 0.4) is 0 Å². The number of para-hydroxylation sites is 2. The van der Waals surface area contributed by atoms with Crippen molar-refractivity contribution >= 4 is 40.7 Å². The average molecular weight is 414 g/mol. The fraction of sp³-hybridized carbons (Fsp3) is 0.474. The van der Waals surface area contributed by atoms with Gasteiger partial charge in [-0.15, -0.1) is 0 Å². The van der Waals surface area contributed by atoms with E-state index < -0.39 is 12.2 Å². The van der Waals surface area contributed by atoms with Crippen molar-refractivity contribution in [2.24, 2.45) is 4.99 Å². The molecular formula is C19H23N7O2S. The number of nitrogens with one attached hydrogen (secondary N) is 2. The third-order valence-electron chi connectivity index (χ3n) is 5.67. The van der Waals surface area contributed by atoms with E-state index in [1.54, 1.807) is 18.8 Å². The first-order chi connectivity index (χ1) is 14.1. The lowest BCUT2D eigenvalue weighted by molar-refractivity contribution is -0.127. The summed E-state index contributed by atoms with van der Waals surface area (Å²) in [4.78, 5) is 43.2. The number of carbonyl (C=O) groups excluding carboxylic acids is 2. The van der Waals surface area contributed by atoms with Crippen LogP contribution in [0, 0.1) is 0 Å². The summed E-state index contributed by atoms with van der Waals surface area (Å²) in [6.45, 7) is 2.52. The molecule has 0 saturated carbocycles. The highest BCUT2D eigenvalue weighted by atomic mass is 32.2. The Balaban J connectivity index is 1.34. The number of urea groups is 1. The van der Waals surface area contributed by atoms with Crippen molar-refractivity contribution in [2.45, 2.75) is 30.2 Å². The van der Waals surface area contributed by atoms with Crippen LogP contribution in [0.25, 0.3) is 11.0 Å². The Morgan fingerprint density at radius 2 is 2.00 bits per heavy atom. The van der Waals surface area contributed by atoms with Crippen molar-refractivity contribution in [1.29, 1.82) is 0 Å². The summed E-state index contributed by atoms with van der Waals surface area (Å²) in [5, 5.41) is 3.32. The number of thioether (sulfide) groups is 1. The largest absolute Gasteiger partial charge is 0.343 e. The van der Waals surface area contributed by atoms with Gasteiger partial charge in [0.1, 0.15) is 0 Å². The number of hydrogen-bond acceptors (Lipinski definition) is 7. The lowest BCUT2D eigenvalue weighted by Gasteiger charge is -2.37. The molecule has 152 valence electrons. The number of fused-ring (bicyclic) bond motifs is 2. The molecule has 5 rings (SSSR count). The lowest BCUT2D eigenvalue weighted by atomic mass is 10.1. The maximum Gasteiger partial charge on any atom is 0.325 e. The van der Waals surface area contributed by atoms with E-state index in [0.717, 1.165) is 53.8 Å². The maximum absolute atomic E-state index is 12.6. The number of aromatic amines is 1. The first-order valence-electron chi connectivity index (χ1n) is 9.86. The van der Waals surface area contributed by atoms with E-state index in [2.05, 4.69) is 25.1 Å². The highest BCUT2D eigenvalue weighted by Gasteiger charge is 2.49. The number of H-pyrrole nitrogens is 1. The van der Waals surface area contributed by atoms with Gasteiger partial charge in [-0.1, -0.05) is 23.9 Å². The van der Waals surface area contributed by atoms with E-state index in [-0.39, 0.29) is 11.9 Å².